The van der Waals surface area contributed by atoms with E-state index in [-0.39, 0.29) is 0 Å². The third-order valence-electron chi connectivity index (χ3n) is 20.9. The number of likely N-dealkylation sites (tertiary alicyclic amines) is 4. The van der Waals surface area contributed by atoms with Gasteiger partial charge in [-0.3, -0.25) is 4.90 Å². The average Bonchev–Trinajstić information content (AvgIpc) is 4.18. The van der Waals surface area contributed by atoms with Crippen LogP contribution in [0.15, 0.2) is 0 Å². The maximum Gasteiger partial charge on any atom is 0.0594 e. The van der Waals surface area contributed by atoms with Gasteiger partial charge in [-0.05, 0) is 254 Å². The van der Waals surface area contributed by atoms with Crippen molar-refractivity contribution in [2.24, 2.45) is 0 Å². The molecular weight excluding hydrogens is 1240 g/mol. The lowest BCUT2D eigenvalue weighted by Crippen LogP contribution is -2.44. The van der Waals surface area contributed by atoms with Gasteiger partial charge in [-0.2, -0.15) is 23.5 Å². The van der Waals surface area contributed by atoms with Crippen molar-refractivity contribution >= 4 is 23.5 Å². The molecule has 17 nitrogen and oxygen atoms in total. The zero-order valence-corrected chi connectivity index (χ0v) is 69.3. The van der Waals surface area contributed by atoms with Crippen molar-refractivity contribution in [3.63, 3.8) is 0 Å². The lowest BCUT2D eigenvalue weighted by molar-refractivity contribution is 0.0405. The SMILES string of the molecule is CCN1CC1.CCN1CCC1.CCN1CCCC1.CCN1CCCCC1.CCN1CCCCCC1.CCN1CCCN(C)CC1.CCN1CCCNCC1.CCN1CCCOCC1.CCN1CCCSCC1.CCN1CCN(C)CC1.CCN1CCOCC1.CCN1CCSCC1. The highest BCUT2D eigenvalue weighted by Crippen LogP contribution is 2.12. The van der Waals surface area contributed by atoms with Crippen molar-refractivity contribution in [2.45, 2.75) is 173 Å². The predicted molar refractivity (Wildman–Crippen MR) is 434 cm³/mol. The topological polar surface area (TPSA) is 75.6 Å². The van der Waals surface area contributed by atoms with Crippen LogP contribution in [-0.2, 0) is 9.47 Å². The number of hydrogen-bond donors (Lipinski definition) is 1. The lowest BCUT2D eigenvalue weighted by atomic mass is 10.1. The van der Waals surface area contributed by atoms with Crippen LogP contribution in [0.3, 0.4) is 0 Å². The summed E-state index contributed by atoms with van der Waals surface area (Å²) < 4.78 is 10.4. The van der Waals surface area contributed by atoms with Crippen molar-refractivity contribution < 1.29 is 9.47 Å². The third-order valence-corrected chi connectivity index (χ3v) is 22.9. The Labute approximate surface area is 614 Å². The van der Waals surface area contributed by atoms with E-state index in [4.69, 9.17) is 9.47 Å². The molecule has 19 heteroatoms. The number of rotatable bonds is 12. The monoisotopic (exact) mass is 1410 g/mol. The molecule has 0 radical (unpaired) electrons. The Balaban J connectivity index is 0.000000531. The number of piperazine rings is 1. The van der Waals surface area contributed by atoms with Gasteiger partial charge >= 0.3 is 0 Å². The number of nitrogens with zero attached hydrogens (tertiary/aromatic N) is 14. The molecule has 97 heavy (non-hydrogen) atoms. The van der Waals surface area contributed by atoms with E-state index in [1.54, 1.807) is 0 Å². The first-order chi connectivity index (χ1) is 47.5. The van der Waals surface area contributed by atoms with Gasteiger partial charge in [0, 0.05) is 135 Å². The predicted octanol–water partition coefficient (Wildman–Crippen LogP) is 10.3. The summed E-state index contributed by atoms with van der Waals surface area (Å²) in [5, 5.41) is 3.37. The molecule has 12 rings (SSSR count). The van der Waals surface area contributed by atoms with Gasteiger partial charge in [0.25, 0.3) is 0 Å². The summed E-state index contributed by atoms with van der Waals surface area (Å²) >= 11 is 4.17. The van der Waals surface area contributed by atoms with Gasteiger partial charge in [-0.1, -0.05) is 102 Å². The van der Waals surface area contributed by atoms with Crippen LogP contribution in [0.4, 0.5) is 0 Å². The molecule has 0 amide bonds. The van der Waals surface area contributed by atoms with Gasteiger partial charge in [0.15, 0.2) is 0 Å². The summed E-state index contributed by atoms with van der Waals surface area (Å²) in [7, 11) is 4.39. The molecule has 0 aliphatic carbocycles. The van der Waals surface area contributed by atoms with Crippen LogP contribution in [0.5, 0.6) is 0 Å². The molecule has 12 heterocycles. The second kappa shape index (κ2) is 70.3. The van der Waals surface area contributed by atoms with Crippen molar-refractivity contribution in [1.29, 1.82) is 0 Å². The van der Waals surface area contributed by atoms with Crippen LogP contribution < -0.4 is 5.32 Å². The fraction of sp³-hybridized carbons (Fsp3) is 1.00. The van der Waals surface area contributed by atoms with Crippen LogP contribution in [0, 0.1) is 0 Å². The normalized spacial score (nSPS) is 23.8. The van der Waals surface area contributed by atoms with Gasteiger partial charge in [-0.15, -0.1) is 0 Å². The highest BCUT2D eigenvalue weighted by Gasteiger charge is 2.15. The summed E-state index contributed by atoms with van der Waals surface area (Å²) in [4.78, 5) is 34.5. The Hall–Kier alpha value is 0.0200. The summed E-state index contributed by atoms with van der Waals surface area (Å²) in [6.45, 7) is 83.3. The molecule has 12 aliphatic heterocycles. The van der Waals surface area contributed by atoms with E-state index in [0.29, 0.717) is 0 Å². The summed E-state index contributed by atoms with van der Waals surface area (Å²) in [6, 6.07) is 0. The van der Waals surface area contributed by atoms with Gasteiger partial charge in [0.1, 0.15) is 0 Å². The highest BCUT2D eigenvalue weighted by molar-refractivity contribution is 7.99. The van der Waals surface area contributed by atoms with Crippen molar-refractivity contribution in [2.75, 3.05) is 338 Å². The smallest absolute Gasteiger partial charge is 0.0594 e. The van der Waals surface area contributed by atoms with E-state index >= 15 is 0 Å². The molecule has 0 spiro atoms. The van der Waals surface area contributed by atoms with Crippen LogP contribution in [-0.4, -0.2) is 407 Å². The molecular formula is C78H171N15O2S2. The standard InChI is InChI=1S/C8H18N2.C8H17N.2C7H16N2.C7H15NO.C7H15NS.C7H15N.C6H13NO.C6H13NS.C6H13N.C5H11N.C4H9N/c1-3-10-6-4-5-9(2)7-8-10;1-2-9-7-5-3-4-6-8-9;1-3-9-6-4-8(2)5-7-9;1-2-9-6-3-4-8-5-7-9;2*1-2-8-4-3-6-9-7-5-8;1-2-8-6-4-3-5-7-8;2*1-2-7-3-5-8-6-4-7;1-2-7-5-3-4-6-7;1-2-6-4-3-5-6;1-2-5-3-4-5/h3-8H2,1-2H3;2-8H2,1H3;3-7H2,1-2H3;8H,2-7H2,1H3;2*2-7H2,1H3;2-7H2,1H3;2*2-6H2,1H3;2-6H2,1H3;2-5H2,1H3;2-4H2,1H3. The molecule has 0 aromatic heterocycles. The summed E-state index contributed by atoms with van der Waals surface area (Å²) in [6.07, 6.45) is 19.6. The number of likely N-dealkylation sites (N-methyl/N-ethyl adjacent to an activating group) is 8. The van der Waals surface area contributed by atoms with Gasteiger partial charge < -0.3 is 78.5 Å². The molecule has 0 aromatic rings. The maximum atomic E-state index is 5.28. The molecule has 12 aliphatic rings. The number of piperidine rings is 1. The Morgan fingerprint density at radius 3 is 0.876 bits per heavy atom. The molecule has 582 valence electrons. The molecule has 12 fully saturated rings. The summed E-state index contributed by atoms with van der Waals surface area (Å²) in [5.41, 5.74) is 0. The number of hydrogen-bond acceptors (Lipinski definition) is 19. The van der Waals surface area contributed by atoms with E-state index in [1.807, 2.05) is 0 Å². The number of morpholine rings is 1. The zero-order valence-electron chi connectivity index (χ0n) is 67.6. The Bertz CT molecular complexity index is 1400. The Kier molecular flexibility index (Phi) is 68.9. The van der Waals surface area contributed by atoms with Gasteiger partial charge in [0.2, 0.25) is 0 Å². The summed E-state index contributed by atoms with van der Waals surface area (Å²) in [5.74, 6) is 5.39. The molecule has 0 saturated carbocycles. The molecule has 0 bridgehead atoms. The van der Waals surface area contributed by atoms with Gasteiger partial charge in [0.05, 0.1) is 19.8 Å². The zero-order chi connectivity index (χ0) is 70.9. The first-order valence-electron chi connectivity index (χ1n) is 41.5. The van der Waals surface area contributed by atoms with E-state index in [1.165, 1.54) is 368 Å². The van der Waals surface area contributed by atoms with Crippen LogP contribution in [0.25, 0.3) is 0 Å². The van der Waals surface area contributed by atoms with Crippen LogP contribution in [0.2, 0.25) is 0 Å². The first-order valence-corrected chi connectivity index (χ1v) is 43.9. The average molecular weight is 1420 g/mol. The quantitative estimate of drug-likeness (QED) is 0.188. The first kappa shape index (κ1) is 95.0. The fourth-order valence-electron chi connectivity index (χ4n) is 12.8. The second-order valence-corrected chi connectivity index (χ2v) is 30.4. The van der Waals surface area contributed by atoms with Crippen molar-refractivity contribution in [3.8, 4) is 0 Å². The second-order valence-electron chi connectivity index (χ2n) is 28.0. The van der Waals surface area contributed by atoms with Crippen molar-refractivity contribution in [3.05, 3.63) is 0 Å². The van der Waals surface area contributed by atoms with E-state index < -0.39 is 0 Å². The minimum absolute atomic E-state index is 0.924. The lowest BCUT2D eigenvalue weighted by Gasteiger charge is -2.31. The molecule has 1 N–H and O–H groups in total. The van der Waals surface area contributed by atoms with E-state index in [0.717, 1.165) is 46.1 Å². The van der Waals surface area contributed by atoms with E-state index in [2.05, 4.69) is 195 Å². The van der Waals surface area contributed by atoms with Crippen LogP contribution in [0.1, 0.15) is 173 Å². The largest absolute Gasteiger partial charge is 0.380 e. The number of ether oxygens (including phenoxy) is 2. The minimum atomic E-state index is 0.924. The minimum Gasteiger partial charge on any atom is -0.380 e. The van der Waals surface area contributed by atoms with Gasteiger partial charge in [-0.25, -0.2) is 0 Å². The van der Waals surface area contributed by atoms with Crippen LogP contribution >= 0.6 is 23.5 Å². The maximum absolute atomic E-state index is 5.28. The molecule has 0 atom stereocenters. The van der Waals surface area contributed by atoms with Crippen molar-refractivity contribution in [1.82, 2.24) is 73.9 Å². The fourth-order valence-corrected chi connectivity index (χ4v) is 14.7. The highest BCUT2D eigenvalue weighted by atomic mass is 32.2. The molecule has 0 aromatic carbocycles. The molecule has 0 unspecified atom stereocenters. The molecule has 12 saturated heterocycles. The Morgan fingerprint density at radius 2 is 0.464 bits per heavy atom. The third kappa shape index (κ3) is 58.0. The number of thioether (sulfide) groups is 2. The number of nitrogens with one attached hydrogen (secondary N) is 1. The Morgan fingerprint density at radius 1 is 0.206 bits per heavy atom. The van der Waals surface area contributed by atoms with E-state index in [9.17, 15) is 0 Å².